The minimum absolute atomic E-state index is 0.385. The van der Waals surface area contributed by atoms with Gasteiger partial charge in [-0.2, -0.15) is 4.98 Å². The number of hydrogen-bond acceptors (Lipinski definition) is 7. The molecule has 1 aromatic carbocycles. The Morgan fingerprint density at radius 1 is 1.22 bits per heavy atom. The summed E-state index contributed by atoms with van der Waals surface area (Å²) >= 11 is 1.54. The number of carbonyl (C=O) groups is 2. The SMILES string of the molecule is CC1(c2ccc(-c3noc(-c4csc5cncn45)n3)cc2)NC(=O)NC1=O. The zero-order valence-corrected chi connectivity index (χ0v) is 14.8. The monoisotopic (exact) mass is 380 g/mol. The number of nitrogens with one attached hydrogen (secondary N) is 2. The molecule has 2 N–H and O–H groups in total. The molecule has 0 aliphatic carbocycles. The Bertz CT molecular complexity index is 1190. The number of aromatic nitrogens is 4. The van der Waals surface area contributed by atoms with E-state index in [4.69, 9.17) is 4.52 Å². The highest BCUT2D eigenvalue weighted by atomic mass is 32.1. The van der Waals surface area contributed by atoms with Crippen molar-refractivity contribution in [3.05, 3.63) is 47.7 Å². The summed E-state index contributed by atoms with van der Waals surface area (Å²) in [6.07, 6.45) is 3.46. The van der Waals surface area contributed by atoms with Crippen LogP contribution in [0.5, 0.6) is 0 Å². The summed E-state index contributed by atoms with van der Waals surface area (Å²) in [5.74, 6) is 0.442. The second-order valence-corrected chi connectivity index (χ2v) is 7.15. The molecule has 4 aromatic rings. The molecule has 1 atom stereocenters. The molecule has 134 valence electrons. The minimum atomic E-state index is -1.10. The fourth-order valence-electron chi connectivity index (χ4n) is 3.02. The smallest absolute Gasteiger partial charge is 0.322 e. The van der Waals surface area contributed by atoms with Gasteiger partial charge in [-0.25, -0.2) is 9.78 Å². The molecule has 1 fully saturated rings. The molecule has 1 aliphatic heterocycles. The minimum Gasteiger partial charge on any atom is -0.332 e. The van der Waals surface area contributed by atoms with Gasteiger partial charge in [0.05, 0.1) is 6.20 Å². The molecule has 1 aliphatic rings. The van der Waals surface area contributed by atoms with E-state index in [1.54, 1.807) is 43.7 Å². The lowest BCUT2D eigenvalue weighted by Gasteiger charge is -2.20. The van der Waals surface area contributed by atoms with Crippen LogP contribution in [-0.2, 0) is 10.3 Å². The van der Waals surface area contributed by atoms with Crippen LogP contribution in [0.1, 0.15) is 12.5 Å². The van der Waals surface area contributed by atoms with Crippen molar-refractivity contribution in [1.82, 2.24) is 30.2 Å². The molecule has 27 heavy (non-hydrogen) atoms. The zero-order valence-electron chi connectivity index (χ0n) is 14.0. The predicted molar refractivity (Wildman–Crippen MR) is 95.8 cm³/mol. The van der Waals surface area contributed by atoms with E-state index in [9.17, 15) is 9.59 Å². The molecule has 9 nitrogen and oxygen atoms in total. The van der Waals surface area contributed by atoms with Crippen LogP contribution in [0.4, 0.5) is 4.79 Å². The lowest BCUT2D eigenvalue weighted by atomic mass is 9.91. The van der Waals surface area contributed by atoms with Crippen molar-refractivity contribution in [1.29, 1.82) is 0 Å². The third-order valence-corrected chi connectivity index (χ3v) is 5.45. The van der Waals surface area contributed by atoms with E-state index < -0.39 is 11.6 Å². The molecule has 3 amide bonds. The van der Waals surface area contributed by atoms with Crippen molar-refractivity contribution >= 4 is 28.1 Å². The first-order valence-corrected chi connectivity index (χ1v) is 8.91. The van der Waals surface area contributed by atoms with Crippen LogP contribution in [0.2, 0.25) is 0 Å². The first-order valence-electron chi connectivity index (χ1n) is 8.03. The predicted octanol–water partition coefficient (Wildman–Crippen LogP) is 2.17. The summed E-state index contributed by atoms with van der Waals surface area (Å²) < 4.78 is 7.28. The Morgan fingerprint density at radius 3 is 2.78 bits per heavy atom. The number of nitrogens with zero attached hydrogens (tertiary/aromatic N) is 4. The molecule has 0 spiro atoms. The van der Waals surface area contributed by atoms with Crippen molar-refractivity contribution in [2.45, 2.75) is 12.5 Å². The van der Waals surface area contributed by atoms with E-state index in [-0.39, 0.29) is 5.91 Å². The molecule has 3 aromatic heterocycles. The molecule has 0 saturated carbocycles. The average Bonchev–Trinajstić information content (AvgIpc) is 3.40. The highest BCUT2D eigenvalue weighted by Crippen LogP contribution is 2.29. The van der Waals surface area contributed by atoms with Gasteiger partial charge in [-0.15, -0.1) is 11.3 Å². The quantitative estimate of drug-likeness (QED) is 0.527. The highest BCUT2D eigenvalue weighted by molar-refractivity contribution is 7.15. The van der Waals surface area contributed by atoms with Gasteiger partial charge in [-0.3, -0.25) is 14.5 Å². The zero-order chi connectivity index (χ0) is 18.6. The van der Waals surface area contributed by atoms with Gasteiger partial charge in [-0.1, -0.05) is 29.4 Å². The van der Waals surface area contributed by atoms with Gasteiger partial charge in [0.2, 0.25) is 5.82 Å². The van der Waals surface area contributed by atoms with Crippen molar-refractivity contribution < 1.29 is 14.1 Å². The van der Waals surface area contributed by atoms with Gasteiger partial charge in [0.1, 0.15) is 22.4 Å². The van der Waals surface area contributed by atoms with Crippen LogP contribution in [-0.4, -0.2) is 31.5 Å². The average molecular weight is 380 g/mol. The highest BCUT2D eigenvalue weighted by Gasteiger charge is 2.43. The summed E-state index contributed by atoms with van der Waals surface area (Å²) in [6, 6.07) is 6.58. The normalized spacial score (nSPS) is 19.4. The molecule has 5 rings (SSSR count). The maximum absolute atomic E-state index is 12.0. The number of imidazole rings is 1. The van der Waals surface area contributed by atoms with Crippen LogP contribution in [0.3, 0.4) is 0 Å². The first kappa shape index (κ1) is 15.7. The van der Waals surface area contributed by atoms with E-state index in [0.717, 1.165) is 16.1 Å². The van der Waals surface area contributed by atoms with E-state index in [1.165, 1.54) is 11.3 Å². The molecule has 10 heteroatoms. The molecule has 1 saturated heterocycles. The third-order valence-electron chi connectivity index (χ3n) is 4.57. The number of hydrogen-bond donors (Lipinski definition) is 2. The van der Waals surface area contributed by atoms with E-state index >= 15 is 0 Å². The third kappa shape index (κ3) is 2.34. The van der Waals surface area contributed by atoms with Crippen LogP contribution < -0.4 is 10.6 Å². The number of fused-ring (bicyclic) bond motifs is 1. The number of amides is 3. The van der Waals surface area contributed by atoms with E-state index in [0.29, 0.717) is 17.3 Å². The maximum atomic E-state index is 12.0. The Kier molecular flexibility index (Phi) is 3.19. The van der Waals surface area contributed by atoms with E-state index in [2.05, 4.69) is 25.8 Å². The Morgan fingerprint density at radius 2 is 2.04 bits per heavy atom. The van der Waals surface area contributed by atoms with Crippen LogP contribution in [0.25, 0.3) is 27.8 Å². The van der Waals surface area contributed by atoms with Crippen molar-refractivity contribution in [3.8, 4) is 23.0 Å². The Balaban J connectivity index is 1.46. The summed E-state index contributed by atoms with van der Waals surface area (Å²) in [4.78, 5) is 33.0. The summed E-state index contributed by atoms with van der Waals surface area (Å²) in [6.45, 7) is 1.65. The fraction of sp³-hybridized carbons (Fsp3) is 0.118. The second-order valence-electron chi connectivity index (χ2n) is 6.26. The summed E-state index contributed by atoms with van der Waals surface area (Å²) in [5, 5.41) is 10.9. The van der Waals surface area contributed by atoms with Gasteiger partial charge >= 0.3 is 6.03 Å². The van der Waals surface area contributed by atoms with Crippen molar-refractivity contribution in [2.24, 2.45) is 0 Å². The summed E-state index contributed by atoms with van der Waals surface area (Å²) in [7, 11) is 0. The van der Waals surface area contributed by atoms with Crippen LogP contribution in [0, 0.1) is 0 Å². The topological polar surface area (TPSA) is 114 Å². The largest absolute Gasteiger partial charge is 0.332 e. The number of benzene rings is 1. The molecule has 1 unspecified atom stereocenters. The number of imide groups is 1. The maximum Gasteiger partial charge on any atom is 0.322 e. The molecule has 4 heterocycles. The molecular formula is C17H12N6O3S. The van der Waals surface area contributed by atoms with E-state index in [1.807, 2.05) is 9.78 Å². The van der Waals surface area contributed by atoms with Crippen molar-refractivity contribution in [2.75, 3.05) is 0 Å². The van der Waals surface area contributed by atoms with Crippen LogP contribution in [0.15, 0.2) is 46.7 Å². The van der Waals surface area contributed by atoms with Gasteiger partial charge in [0, 0.05) is 10.9 Å². The van der Waals surface area contributed by atoms with Gasteiger partial charge in [0.15, 0.2) is 0 Å². The Hall–Kier alpha value is -3.53. The lowest BCUT2D eigenvalue weighted by molar-refractivity contribution is -0.123. The Labute approximate surface area is 156 Å². The lowest BCUT2D eigenvalue weighted by Crippen LogP contribution is -2.40. The molecule has 0 radical (unpaired) electrons. The molecular weight excluding hydrogens is 368 g/mol. The van der Waals surface area contributed by atoms with Crippen molar-refractivity contribution in [3.63, 3.8) is 0 Å². The van der Waals surface area contributed by atoms with Gasteiger partial charge in [0.25, 0.3) is 11.8 Å². The standard InChI is InChI=1S/C17H12N6O3S/c1-17(15(24)20-16(25)21-17)10-4-2-9(3-5-10)13-19-14(26-22-13)11-7-27-12-6-18-8-23(11)12/h2-8H,1H3,(H2,20,21,24,25). The number of urea groups is 1. The van der Waals surface area contributed by atoms with Crippen LogP contribution >= 0.6 is 11.3 Å². The van der Waals surface area contributed by atoms with Gasteiger partial charge < -0.3 is 9.84 Å². The number of rotatable bonds is 3. The molecule has 0 bridgehead atoms. The fourth-order valence-corrected chi connectivity index (χ4v) is 3.85. The number of carbonyl (C=O) groups excluding carboxylic acids is 2. The second kappa shape index (κ2) is 5.48. The first-order chi connectivity index (χ1) is 13.0. The summed E-state index contributed by atoms with van der Waals surface area (Å²) in [5.41, 5.74) is 1.08. The van der Waals surface area contributed by atoms with Gasteiger partial charge in [-0.05, 0) is 12.5 Å². The number of thiazole rings is 1.